The summed E-state index contributed by atoms with van der Waals surface area (Å²) in [6, 6.07) is 3.91. The van der Waals surface area contributed by atoms with Gasteiger partial charge in [-0.05, 0) is 12.1 Å². The van der Waals surface area contributed by atoms with Crippen LogP contribution in [0.15, 0.2) is 37.1 Å². The molecule has 0 atom stereocenters. The van der Waals surface area contributed by atoms with E-state index < -0.39 is 0 Å². The van der Waals surface area contributed by atoms with Crippen molar-refractivity contribution in [1.82, 2.24) is 24.6 Å². The Hall–Kier alpha value is -2.17. The van der Waals surface area contributed by atoms with E-state index in [0.717, 1.165) is 17.0 Å². The van der Waals surface area contributed by atoms with E-state index in [9.17, 15) is 0 Å². The van der Waals surface area contributed by atoms with Crippen LogP contribution in [0.1, 0.15) is 0 Å². The van der Waals surface area contributed by atoms with Gasteiger partial charge in [0.2, 0.25) is 0 Å². The lowest BCUT2D eigenvalue weighted by Crippen LogP contribution is -1.88. The molecule has 0 saturated carbocycles. The van der Waals surface area contributed by atoms with Crippen LogP contribution in [0.25, 0.3) is 17.0 Å². The van der Waals surface area contributed by atoms with Crippen LogP contribution in [-0.2, 0) is 0 Å². The Labute approximate surface area is 79.4 Å². The molecule has 3 rings (SSSR count). The summed E-state index contributed by atoms with van der Waals surface area (Å²) in [6.07, 6.45) is 7.09. The van der Waals surface area contributed by atoms with E-state index in [4.69, 9.17) is 0 Å². The number of aromatic amines is 1. The van der Waals surface area contributed by atoms with Crippen LogP contribution in [0.4, 0.5) is 0 Å². The summed E-state index contributed by atoms with van der Waals surface area (Å²) in [6.45, 7) is 0. The number of aromatic nitrogens is 5. The molecule has 0 aliphatic rings. The third-order valence-electron chi connectivity index (χ3n) is 2.09. The SMILES string of the molecule is c1cc(-c2ncn[nH]2)c2nccn2c1. The van der Waals surface area contributed by atoms with Crippen LogP contribution in [0, 0.1) is 0 Å². The first-order chi connectivity index (χ1) is 6.95. The highest BCUT2D eigenvalue weighted by Gasteiger charge is 2.06. The molecule has 0 radical (unpaired) electrons. The van der Waals surface area contributed by atoms with Gasteiger partial charge in [0.1, 0.15) is 12.0 Å². The number of rotatable bonds is 1. The third-order valence-corrected chi connectivity index (χ3v) is 2.09. The summed E-state index contributed by atoms with van der Waals surface area (Å²) in [4.78, 5) is 8.35. The fraction of sp³-hybridized carbons (Fsp3) is 0. The predicted molar refractivity (Wildman–Crippen MR) is 50.6 cm³/mol. The lowest BCUT2D eigenvalue weighted by Gasteiger charge is -1.98. The fourth-order valence-corrected chi connectivity index (χ4v) is 1.47. The van der Waals surface area contributed by atoms with Crippen molar-refractivity contribution in [1.29, 1.82) is 0 Å². The van der Waals surface area contributed by atoms with Gasteiger partial charge in [-0.25, -0.2) is 9.97 Å². The lowest BCUT2D eigenvalue weighted by molar-refractivity contribution is 1.09. The molecule has 0 unspecified atom stereocenters. The zero-order valence-corrected chi connectivity index (χ0v) is 7.25. The first-order valence-electron chi connectivity index (χ1n) is 4.22. The Balaban J connectivity index is 2.36. The van der Waals surface area contributed by atoms with Crippen molar-refractivity contribution in [3.63, 3.8) is 0 Å². The fourth-order valence-electron chi connectivity index (χ4n) is 1.47. The summed E-state index contributed by atoms with van der Waals surface area (Å²) >= 11 is 0. The second-order valence-corrected chi connectivity index (χ2v) is 2.91. The maximum atomic E-state index is 4.25. The van der Waals surface area contributed by atoms with Gasteiger partial charge >= 0.3 is 0 Å². The molecule has 0 aliphatic heterocycles. The van der Waals surface area contributed by atoms with E-state index >= 15 is 0 Å². The number of H-pyrrole nitrogens is 1. The van der Waals surface area contributed by atoms with Gasteiger partial charge in [0, 0.05) is 18.6 Å². The Kier molecular flexibility index (Phi) is 1.38. The van der Waals surface area contributed by atoms with E-state index in [-0.39, 0.29) is 0 Å². The van der Waals surface area contributed by atoms with Gasteiger partial charge in [-0.2, -0.15) is 5.10 Å². The molecule has 0 saturated heterocycles. The number of hydrogen-bond donors (Lipinski definition) is 1. The molecule has 3 aromatic heterocycles. The topological polar surface area (TPSA) is 58.9 Å². The average Bonchev–Trinajstić information content (AvgIpc) is 2.88. The molecule has 14 heavy (non-hydrogen) atoms. The quantitative estimate of drug-likeness (QED) is 0.618. The second kappa shape index (κ2) is 2.66. The van der Waals surface area contributed by atoms with Gasteiger partial charge in [-0.1, -0.05) is 0 Å². The number of pyridine rings is 1. The first kappa shape index (κ1) is 7.25. The van der Waals surface area contributed by atoms with Crippen LogP contribution >= 0.6 is 0 Å². The standard InChI is InChI=1S/C9H7N5/c1-2-7(8-11-6-12-13-8)9-10-3-5-14(9)4-1/h1-6H,(H,11,12,13). The number of fused-ring (bicyclic) bond motifs is 1. The van der Waals surface area contributed by atoms with E-state index in [0.29, 0.717) is 0 Å². The number of nitrogens with zero attached hydrogens (tertiary/aromatic N) is 4. The molecular formula is C9H7N5. The molecule has 0 amide bonds. The van der Waals surface area contributed by atoms with Crippen molar-refractivity contribution in [2.45, 2.75) is 0 Å². The van der Waals surface area contributed by atoms with E-state index in [1.807, 2.05) is 28.9 Å². The van der Waals surface area contributed by atoms with Gasteiger partial charge in [-0.15, -0.1) is 0 Å². The molecule has 0 spiro atoms. The summed E-state index contributed by atoms with van der Waals surface area (Å²) in [5.41, 5.74) is 1.83. The second-order valence-electron chi connectivity index (χ2n) is 2.91. The van der Waals surface area contributed by atoms with Crippen molar-refractivity contribution in [2.75, 3.05) is 0 Å². The van der Waals surface area contributed by atoms with Gasteiger partial charge < -0.3 is 4.40 Å². The van der Waals surface area contributed by atoms with Gasteiger partial charge in [0.15, 0.2) is 5.82 Å². The first-order valence-corrected chi connectivity index (χ1v) is 4.22. The maximum absolute atomic E-state index is 4.25. The van der Waals surface area contributed by atoms with Crippen LogP contribution in [0.2, 0.25) is 0 Å². The molecule has 0 fully saturated rings. The smallest absolute Gasteiger partial charge is 0.159 e. The number of hydrogen-bond acceptors (Lipinski definition) is 3. The zero-order chi connectivity index (χ0) is 9.38. The summed E-state index contributed by atoms with van der Waals surface area (Å²) in [5, 5.41) is 6.64. The van der Waals surface area contributed by atoms with Crippen molar-refractivity contribution in [2.24, 2.45) is 0 Å². The molecule has 0 aliphatic carbocycles. The average molecular weight is 185 g/mol. The molecule has 0 bridgehead atoms. The molecule has 5 nitrogen and oxygen atoms in total. The van der Waals surface area contributed by atoms with Gasteiger partial charge in [0.25, 0.3) is 0 Å². The van der Waals surface area contributed by atoms with Crippen molar-refractivity contribution < 1.29 is 0 Å². The zero-order valence-electron chi connectivity index (χ0n) is 7.25. The van der Waals surface area contributed by atoms with E-state index in [1.165, 1.54) is 6.33 Å². The lowest BCUT2D eigenvalue weighted by atomic mass is 10.2. The predicted octanol–water partition coefficient (Wildman–Crippen LogP) is 1.12. The molecule has 3 heterocycles. The molecular weight excluding hydrogens is 178 g/mol. The van der Waals surface area contributed by atoms with Crippen molar-refractivity contribution in [3.05, 3.63) is 37.1 Å². The minimum atomic E-state index is 0.738. The maximum Gasteiger partial charge on any atom is 0.159 e. The van der Waals surface area contributed by atoms with Crippen LogP contribution in [-0.4, -0.2) is 24.6 Å². The van der Waals surface area contributed by atoms with Crippen LogP contribution < -0.4 is 0 Å². The third kappa shape index (κ3) is 0.922. The molecule has 68 valence electrons. The Morgan fingerprint density at radius 2 is 2.21 bits per heavy atom. The highest BCUT2D eigenvalue weighted by atomic mass is 15.2. The monoisotopic (exact) mass is 185 g/mol. The van der Waals surface area contributed by atoms with Crippen LogP contribution in [0.3, 0.4) is 0 Å². The minimum absolute atomic E-state index is 0.738. The highest BCUT2D eigenvalue weighted by molar-refractivity contribution is 5.72. The molecule has 0 aromatic carbocycles. The molecule has 3 aromatic rings. The number of nitrogens with one attached hydrogen (secondary N) is 1. The molecule has 5 heteroatoms. The summed E-state index contributed by atoms with van der Waals surface area (Å²) in [5.74, 6) is 0.738. The van der Waals surface area contributed by atoms with Crippen LogP contribution in [0.5, 0.6) is 0 Å². The van der Waals surface area contributed by atoms with E-state index in [2.05, 4.69) is 20.2 Å². The largest absolute Gasteiger partial charge is 0.307 e. The highest BCUT2D eigenvalue weighted by Crippen LogP contribution is 2.18. The summed E-state index contributed by atoms with van der Waals surface area (Å²) in [7, 11) is 0. The Morgan fingerprint density at radius 3 is 3.07 bits per heavy atom. The van der Waals surface area contributed by atoms with Gasteiger partial charge in [0.05, 0.1) is 5.56 Å². The Bertz CT molecular complexity index is 551. The summed E-state index contributed by atoms with van der Waals surface area (Å²) < 4.78 is 1.94. The minimum Gasteiger partial charge on any atom is -0.307 e. The normalized spacial score (nSPS) is 10.9. The van der Waals surface area contributed by atoms with E-state index in [1.54, 1.807) is 6.20 Å². The Morgan fingerprint density at radius 1 is 1.21 bits per heavy atom. The van der Waals surface area contributed by atoms with Gasteiger partial charge in [-0.3, -0.25) is 5.10 Å². The van der Waals surface area contributed by atoms with Crippen molar-refractivity contribution in [3.8, 4) is 11.4 Å². The molecule has 1 N–H and O–H groups in total. The number of imidazole rings is 1. The van der Waals surface area contributed by atoms with Crippen molar-refractivity contribution >= 4 is 5.65 Å².